The fraction of sp³-hybridized carbons (Fsp3) is 0.286. The number of aryl methyl sites for hydroxylation is 1. The molecule has 0 heterocycles. The predicted octanol–water partition coefficient (Wildman–Crippen LogP) is 3.32. The van der Waals surface area contributed by atoms with E-state index >= 15 is 0 Å². The molecule has 0 saturated heterocycles. The number of halogens is 1. The second-order valence-corrected chi connectivity index (χ2v) is 3.91. The van der Waals surface area contributed by atoms with E-state index in [1.165, 1.54) is 6.07 Å². The minimum atomic E-state index is -0.113. The molecular weight excluding hydrogens is 201 g/mol. The Hall–Kier alpha value is -1.57. The number of nitrogens with one attached hydrogen (secondary N) is 1. The van der Waals surface area contributed by atoms with E-state index in [2.05, 4.69) is 18.3 Å². The van der Waals surface area contributed by atoms with Gasteiger partial charge in [-0.3, -0.25) is 0 Å². The highest BCUT2D eigenvalue weighted by Gasteiger charge is 2.07. The van der Waals surface area contributed by atoms with Gasteiger partial charge in [-0.25, -0.2) is 4.39 Å². The topological polar surface area (TPSA) is 12.0 Å². The van der Waals surface area contributed by atoms with Gasteiger partial charge in [-0.1, -0.05) is 31.2 Å². The van der Waals surface area contributed by atoms with Gasteiger partial charge < -0.3 is 5.32 Å². The zero-order valence-electron chi connectivity index (χ0n) is 9.46. The van der Waals surface area contributed by atoms with Gasteiger partial charge >= 0.3 is 0 Å². The molecule has 1 aromatic carbocycles. The Morgan fingerprint density at radius 1 is 1.38 bits per heavy atom. The number of hydrogen-bond donors (Lipinski definition) is 1. The van der Waals surface area contributed by atoms with Gasteiger partial charge in [0.15, 0.2) is 0 Å². The molecule has 0 aromatic heterocycles. The lowest BCUT2D eigenvalue weighted by Crippen LogP contribution is -2.14. The summed E-state index contributed by atoms with van der Waals surface area (Å²) in [6.45, 7) is 2.62. The van der Waals surface area contributed by atoms with Crippen molar-refractivity contribution in [2.75, 3.05) is 0 Å². The maximum Gasteiger partial charge on any atom is 0.128 e. The molecular formula is C14H16FN. The lowest BCUT2D eigenvalue weighted by molar-refractivity contribution is 0.596. The van der Waals surface area contributed by atoms with Gasteiger partial charge in [0, 0.05) is 24.2 Å². The zero-order chi connectivity index (χ0) is 11.4. The van der Waals surface area contributed by atoms with E-state index in [-0.39, 0.29) is 5.82 Å². The van der Waals surface area contributed by atoms with Crippen LogP contribution in [-0.2, 0) is 13.0 Å². The number of rotatable bonds is 4. The molecule has 0 amide bonds. The lowest BCUT2D eigenvalue weighted by atomic mass is 10.0. The maximum atomic E-state index is 13.6. The minimum Gasteiger partial charge on any atom is -0.384 e. The van der Waals surface area contributed by atoms with Gasteiger partial charge in [-0.15, -0.1) is 0 Å². The lowest BCUT2D eigenvalue weighted by Gasteiger charge is -2.11. The second-order valence-electron chi connectivity index (χ2n) is 3.91. The summed E-state index contributed by atoms with van der Waals surface area (Å²) < 4.78 is 13.6. The Morgan fingerprint density at radius 2 is 2.25 bits per heavy atom. The standard InChI is InChI=1S/C14H16FN/c1-2-11-6-5-9-14(15)13(11)10-16-12-7-3-4-8-12/h3-7,9,16H,2,8,10H2,1H3. The molecule has 1 aliphatic rings. The summed E-state index contributed by atoms with van der Waals surface area (Å²) in [5.74, 6) is -0.113. The third-order valence-corrected chi connectivity index (χ3v) is 2.86. The molecule has 0 bridgehead atoms. The molecule has 0 spiro atoms. The quantitative estimate of drug-likeness (QED) is 0.815. The Bertz CT molecular complexity index is 432. The van der Waals surface area contributed by atoms with E-state index < -0.39 is 0 Å². The highest BCUT2D eigenvalue weighted by molar-refractivity contribution is 5.30. The van der Waals surface area contributed by atoms with Gasteiger partial charge in [0.2, 0.25) is 0 Å². The van der Waals surface area contributed by atoms with Gasteiger partial charge in [0.05, 0.1) is 0 Å². The van der Waals surface area contributed by atoms with Crippen LogP contribution in [0.2, 0.25) is 0 Å². The summed E-state index contributed by atoms with van der Waals surface area (Å²) in [6, 6.07) is 5.28. The fourth-order valence-corrected chi connectivity index (χ4v) is 1.91. The Balaban J connectivity index is 2.08. The van der Waals surface area contributed by atoms with Crippen LogP contribution in [0.15, 0.2) is 42.1 Å². The SMILES string of the molecule is CCc1cccc(F)c1CNC1=CC=CC1. The fourth-order valence-electron chi connectivity index (χ4n) is 1.91. The van der Waals surface area contributed by atoms with Crippen LogP contribution in [0.25, 0.3) is 0 Å². The third-order valence-electron chi connectivity index (χ3n) is 2.86. The maximum absolute atomic E-state index is 13.6. The molecule has 0 radical (unpaired) electrons. The summed E-state index contributed by atoms with van der Waals surface area (Å²) in [5, 5.41) is 3.27. The van der Waals surface area contributed by atoms with Gasteiger partial charge in [0.25, 0.3) is 0 Å². The Morgan fingerprint density at radius 3 is 2.94 bits per heavy atom. The highest BCUT2D eigenvalue weighted by atomic mass is 19.1. The monoisotopic (exact) mass is 217 g/mol. The molecule has 0 unspecified atom stereocenters. The first kappa shape index (κ1) is 10.9. The van der Waals surface area contributed by atoms with Gasteiger partial charge in [-0.2, -0.15) is 0 Å². The van der Waals surface area contributed by atoms with E-state index in [0.717, 1.165) is 29.7 Å². The first-order valence-corrected chi connectivity index (χ1v) is 5.67. The summed E-state index contributed by atoms with van der Waals surface area (Å²) >= 11 is 0. The van der Waals surface area contributed by atoms with Crippen molar-refractivity contribution >= 4 is 0 Å². The molecule has 0 fully saturated rings. The summed E-state index contributed by atoms with van der Waals surface area (Å²) in [7, 11) is 0. The summed E-state index contributed by atoms with van der Waals surface area (Å²) in [5.41, 5.74) is 3.03. The van der Waals surface area contributed by atoms with Crippen LogP contribution < -0.4 is 5.32 Å². The molecule has 1 aromatic rings. The van der Waals surface area contributed by atoms with Crippen LogP contribution >= 0.6 is 0 Å². The molecule has 1 nitrogen and oxygen atoms in total. The molecule has 0 aliphatic heterocycles. The van der Waals surface area contributed by atoms with Crippen molar-refractivity contribution in [2.45, 2.75) is 26.3 Å². The van der Waals surface area contributed by atoms with Crippen molar-refractivity contribution in [3.63, 3.8) is 0 Å². The minimum absolute atomic E-state index is 0.113. The molecule has 16 heavy (non-hydrogen) atoms. The van der Waals surface area contributed by atoms with Crippen LogP contribution in [0.3, 0.4) is 0 Å². The molecule has 0 saturated carbocycles. The summed E-state index contributed by atoms with van der Waals surface area (Å²) in [6.07, 6.45) is 7.93. The van der Waals surface area contributed by atoms with Crippen molar-refractivity contribution < 1.29 is 4.39 Å². The van der Waals surface area contributed by atoms with Crippen molar-refractivity contribution in [2.24, 2.45) is 0 Å². The second kappa shape index (κ2) is 4.97. The van der Waals surface area contributed by atoms with Crippen molar-refractivity contribution in [3.05, 3.63) is 59.1 Å². The van der Waals surface area contributed by atoms with E-state index in [9.17, 15) is 4.39 Å². The van der Waals surface area contributed by atoms with Crippen molar-refractivity contribution in [1.82, 2.24) is 5.32 Å². The molecule has 1 aliphatic carbocycles. The van der Waals surface area contributed by atoms with E-state index in [0.29, 0.717) is 6.54 Å². The van der Waals surface area contributed by atoms with Crippen LogP contribution in [-0.4, -0.2) is 0 Å². The van der Waals surface area contributed by atoms with E-state index in [1.807, 2.05) is 18.2 Å². The smallest absolute Gasteiger partial charge is 0.128 e. The average Bonchev–Trinajstić information content (AvgIpc) is 2.80. The first-order valence-electron chi connectivity index (χ1n) is 5.67. The van der Waals surface area contributed by atoms with Crippen LogP contribution in [0.4, 0.5) is 4.39 Å². The molecule has 84 valence electrons. The third kappa shape index (κ3) is 2.32. The van der Waals surface area contributed by atoms with Crippen molar-refractivity contribution in [3.8, 4) is 0 Å². The predicted molar refractivity (Wildman–Crippen MR) is 64.5 cm³/mol. The number of benzene rings is 1. The molecule has 1 N–H and O–H groups in total. The Kier molecular flexibility index (Phi) is 3.40. The van der Waals surface area contributed by atoms with Crippen LogP contribution in [0.5, 0.6) is 0 Å². The van der Waals surface area contributed by atoms with Crippen molar-refractivity contribution in [1.29, 1.82) is 0 Å². The van der Waals surface area contributed by atoms with E-state index in [4.69, 9.17) is 0 Å². The molecule has 2 rings (SSSR count). The average molecular weight is 217 g/mol. The first-order chi connectivity index (χ1) is 7.81. The van der Waals surface area contributed by atoms with Gasteiger partial charge in [-0.05, 0) is 24.1 Å². The van der Waals surface area contributed by atoms with Gasteiger partial charge in [0.1, 0.15) is 5.82 Å². The molecule has 2 heteroatoms. The van der Waals surface area contributed by atoms with E-state index in [1.54, 1.807) is 6.07 Å². The largest absolute Gasteiger partial charge is 0.384 e. The molecule has 0 atom stereocenters. The zero-order valence-corrected chi connectivity index (χ0v) is 9.46. The number of allylic oxidation sites excluding steroid dienone is 3. The highest BCUT2D eigenvalue weighted by Crippen LogP contribution is 2.15. The van der Waals surface area contributed by atoms with Crippen LogP contribution in [0, 0.1) is 5.82 Å². The number of hydrogen-bond acceptors (Lipinski definition) is 1. The van der Waals surface area contributed by atoms with Crippen LogP contribution in [0.1, 0.15) is 24.5 Å². The Labute approximate surface area is 95.7 Å². The normalized spacial score (nSPS) is 14.0. The summed E-state index contributed by atoms with van der Waals surface area (Å²) in [4.78, 5) is 0.